The molecule has 0 fully saturated rings. The van der Waals surface area contributed by atoms with Gasteiger partial charge in [-0.1, -0.05) is 54.3 Å². The van der Waals surface area contributed by atoms with Crippen LogP contribution in [0.15, 0.2) is 54.6 Å². The van der Waals surface area contributed by atoms with Crippen LogP contribution >= 0.6 is 0 Å². The molecular formula is C19H21NO. The van der Waals surface area contributed by atoms with Crippen LogP contribution in [-0.2, 0) is 12.0 Å². The molecule has 2 rings (SSSR count). The molecule has 2 aromatic rings. The van der Waals surface area contributed by atoms with Gasteiger partial charge in [0.05, 0.1) is 0 Å². The van der Waals surface area contributed by atoms with Crippen molar-refractivity contribution in [3.63, 3.8) is 0 Å². The Morgan fingerprint density at radius 1 is 1.10 bits per heavy atom. The predicted octanol–water partition coefficient (Wildman–Crippen LogP) is 2.84. The lowest BCUT2D eigenvalue weighted by Crippen LogP contribution is -2.18. The number of benzene rings is 2. The van der Waals surface area contributed by atoms with Crippen LogP contribution in [0, 0.1) is 11.8 Å². The van der Waals surface area contributed by atoms with E-state index in [0.29, 0.717) is 6.54 Å². The van der Waals surface area contributed by atoms with E-state index in [0.717, 1.165) is 24.0 Å². The summed E-state index contributed by atoms with van der Waals surface area (Å²) in [5.41, 5.74) is 7.34. The average Bonchev–Trinajstić information content (AvgIpc) is 2.52. The third kappa shape index (κ3) is 4.46. The highest BCUT2D eigenvalue weighted by molar-refractivity contribution is 5.41. The van der Waals surface area contributed by atoms with Gasteiger partial charge in [0.2, 0.25) is 0 Å². The molecule has 0 heterocycles. The lowest BCUT2D eigenvalue weighted by molar-refractivity contribution is 0.122. The van der Waals surface area contributed by atoms with E-state index < -0.39 is 5.60 Å². The highest BCUT2D eigenvalue weighted by Crippen LogP contribution is 2.19. The van der Waals surface area contributed by atoms with Gasteiger partial charge in [0.15, 0.2) is 0 Å². The molecule has 0 bridgehead atoms. The third-order valence-corrected chi connectivity index (χ3v) is 3.38. The van der Waals surface area contributed by atoms with Crippen molar-refractivity contribution in [3.05, 3.63) is 71.3 Å². The minimum Gasteiger partial charge on any atom is -0.374 e. The molecule has 21 heavy (non-hydrogen) atoms. The Labute approximate surface area is 126 Å². The molecule has 0 saturated carbocycles. The highest BCUT2D eigenvalue weighted by atomic mass is 16.3. The zero-order valence-corrected chi connectivity index (χ0v) is 12.3. The Hall–Kier alpha value is -2.08. The number of aliphatic hydroxyl groups is 1. The fourth-order valence-corrected chi connectivity index (χ4v) is 2.14. The van der Waals surface area contributed by atoms with Gasteiger partial charge in [-0.05, 0) is 49.6 Å². The van der Waals surface area contributed by atoms with Gasteiger partial charge in [-0.25, -0.2) is 0 Å². The van der Waals surface area contributed by atoms with Crippen LogP contribution in [0.25, 0.3) is 0 Å². The second-order valence-corrected chi connectivity index (χ2v) is 5.28. The summed E-state index contributed by atoms with van der Waals surface area (Å²) >= 11 is 0. The topological polar surface area (TPSA) is 46.2 Å². The largest absolute Gasteiger partial charge is 0.374 e. The van der Waals surface area contributed by atoms with Crippen molar-refractivity contribution in [3.8, 4) is 11.8 Å². The normalized spacial score (nSPS) is 13.1. The van der Waals surface area contributed by atoms with E-state index in [-0.39, 0.29) is 0 Å². The Bertz CT molecular complexity index is 635. The Balaban J connectivity index is 2.18. The van der Waals surface area contributed by atoms with E-state index in [1.165, 1.54) is 5.56 Å². The van der Waals surface area contributed by atoms with Crippen molar-refractivity contribution in [2.45, 2.75) is 25.4 Å². The molecule has 108 valence electrons. The van der Waals surface area contributed by atoms with Crippen LogP contribution in [0.5, 0.6) is 0 Å². The zero-order valence-electron chi connectivity index (χ0n) is 12.3. The molecule has 0 saturated heterocycles. The van der Waals surface area contributed by atoms with Crippen molar-refractivity contribution in [1.82, 2.24) is 0 Å². The molecule has 0 aliphatic rings. The molecule has 3 N–H and O–H groups in total. The fraction of sp³-hybridized carbons (Fsp3) is 0.263. The van der Waals surface area contributed by atoms with Crippen LogP contribution in [0.1, 0.15) is 30.0 Å². The van der Waals surface area contributed by atoms with Gasteiger partial charge >= 0.3 is 0 Å². The van der Waals surface area contributed by atoms with Gasteiger partial charge in [0, 0.05) is 5.56 Å². The summed E-state index contributed by atoms with van der Waals surface area (Å²) in [4.78, 5) is 0. The summed E-state index contributed by atoms with van der Waals surface area (Å²) < 4.78 is 0. The van der Waals surface area contributed by atoms with Crippen LogP contribution in [0.2, 0.25) is 0 Å². The fourth-order valence-electron chi connectivity index (χ4n) is 2.14. The van der Waals surface area contributed by atoms with Crippen LogP contribution in [0.3, 0.4) is 0 Å². The molecule has 1 atom stereocenters. The molecule has 0 radical (unpaired) electrons. The summed E-state index contributed by atoms with van der Waals surface area (Å²) in [7, 11) is 0. The smallest absolute Gasteiger partial charge is 0.148 e. The SMILES string of the molecule is CC(O)(C#Cc1cccc(CCCN)c1)c1ccccc1. The molecule has 0 aliphatic heterocycles. The standard InChI is InChI=1S/C19H21NO/c1-19(21,18-10-3-2-4-11-18)13-12-17-8-5-7-16(15-17)9-6-14-20/h2-5,7-8,10-11,15,21H,6,9,14,20H2,1H3. The highest BCUT2D eigenvalue weighted by Gasteiger charge is 2.18. The van der Waals surface area contributed by atoms with Crippen molar-refractivity contribution >= 4 is 0 Å². The minimum absolute atomic E-state index is 0.693. The molecule has 2 aromatic carbocycles. The molecule has 0 aliphatic carbocycles. The Kier molecular flexibility index (Phi) is 5.16. The van der Waals surface area contributed by atoms with Crippen molar-refractivity contribution in [2.75, 3.05) is 6.54 Å². The number of hydrogen-bond donors (Lipinski definition) is 2. The van der Waals surface area contributed by atoms with Gasteiger partial charge in [0.25, 0.3) is 0 Å². The maximum Gasteiger partial charge on any atom is 0.148 e. The second kappa shape index (κ2) is 7.08. The summed E-state index contributed by atoms with van der Waals surface area (Å²) in [5, 5.41) is 10.5. The van der Waals surface area contributed by atoms with Crippen molar-refractivity contribution < 1.29 is 5.11 Å². The van der Waals surface area contributed by atoms with E-state index in [9.17, 15) is 5.11 Å². The van der Waals surface area contributed by atoms with E-state index in [1.54, 1.807) is 6.92 Å². The summed E-state index contributed by atoms with van der Waals surface area (Å²) in [6.07, 6.45) is 1.93. The Morgan fingerprint density at radius 2 is 1.86 bits per heavy atom. The maximum atomic E-state index is 10.5. The molecule has 0 spiro atoms. The van der Waals surface area contributed by atoms with E-state index in [4.69, 9.17) is 5.73 Å². The summed E-state index contributed by atoms with van der Waals surface area (Å²) in [6.45, 7) is 2.41. The van der Waals surface area contributed by atoms with Crippen LogP contribution in [0.4, 0.5) is 0 Å². The predicted molar refractivity (Wildman–Crippen MR) is 86.7 cm³/mol. The first-order valence-corrected chi connectivity index (χ1v) is 7.22. The lowest BCUT2D eigenvalue weighted by Gasteiger charge is -2.16. The average molecular weight is 279 g/mol. The number of aryl methyl sites for hydroxylation is 1. The number of nitrogens with two attached hydrogens (primary N) is 1. The number of hydrogen-bond acceptors (Lipinski definition) is 2. The molecule has 1 unspecified atom stereocenters. The van der Waals surface area contributed by atoms with E-state index in [1.807, 2.05) is 42.5 Å². The molecule has 2 nitrogen and oxygen atoms in total. The van der Waals surface area contributed by atoms with E-state index in [2.05, 4.69) is 24.0 Å². The van der Waals surface area contributed by atoms with Gasteiger partial charge < -0.3 is 10.8 Å². The molecular weight excluding hydrogens is 258 g/mol. The lowest BCUT2D eigenvalue weighted by atomic mass is 9.96. The first-order chi connectivity index (χ1) is 10.1. The van der Waals surface area contributed by atoms with Crippen LogP contribution < -0.4 is 5.73 Å². The second-order valence-electron chi connectivity index (χ2n) is 5.28. The monoisotopic (exact) mass is 279 g/mol. The van der Waals surface area contributed by atoms with Crippen LogP contribution in [-0.4, -0.2) is 11.7 Å². The quantitative estimate of drug-likeness (QED) is 0.845. The summed E-state index contributed by atoms with van der Waals surface area (Å²) in [5.74, 6) is 6.02. The maximum absolute atomic E-state index is 10.5. The van der Waals surface area contributed by atoms with Gasteiger partial charge in [-0.15, -0.1) is 0 Å². The van der Waals surface area contributed by atoms with Gasteiger partial charge in [-0.3, -0.25) is 0 Å². The first-order valence-electron chi connectivity index (χ1n) is 7.22. The van der Waals surface area contributed by atoms with Gasteiger partial charge in [0.1, 0.15) is 5.60 Å². The van der Waals surface area contributed by atoms with Crippen molar-refractivity contribution in [2.24, 2.45) is 5.73 Å². The molecule has 0 amide bonds. The minimum atomic E-state index is -1.14. The number of rotatable bonds is 4. The zero-order chi connectivity index (χ0) is 15.1. The molecule has 0 aromatic heterocycles. The van der Waals surface area contributed by atoms with Crippen molar-refractivity contribution in [1.29, 1.82) is 0 Å². The molecule has 2 heteroatoms. The Morgan fingerprint density at radius 3 is 2.57 bits per heavy atom. The first kappa shape index (κ1) is 15.3. The van der Waals surface area contributed by atoms with Gasteiger partial charge in [-0.2, -0.15) is 0 Å². The third-order valence-electron chi connectivity index (χ3n) is 3.38. The van der Waals surface area contributed by atoms with E-state index >= 15 is 0 Å². The summed E-state index contributed by atoms with van der Waals surface area (Å²) in [6, 6.07) is 17.6.